The number of rotatable bonds is 4. The maximum Gasteiger partial charge on any atom is 0.245 e. The Morgan fingerprint density at radius 2 is 1.48 bits per heavy atom. The summed E-state index contributed by atoms with van der Waals surface area (Å²) in [6.45, 7) is 0.0889. The van der Waals surface area contributed by atoms with E-state index in [0.29, 0.717) is 12.8 Å². The van der Waals surface area contributed by atoms with Crippen molar-refractivity contribution >= 4 is 23.2 Å². The normalized spacial score (nSPS) is 17.2. The van der Waals surface area contributed by atoms with Crippen LogP contribution in [0, 0.1) is 0 Å². The molecule has 0 bridgehead atoms. The quantitative estimate of drug-likeness (QED) is 0.898. The average molecular weight is 335 g/mol. The number of anilines is 2. The molecule has 5 heteroatoms. The highest BCUT2D eigenvalue weighted by atomic mass is 16.2. The molecule has 2 aromatic carbocycles. The van der Waals surface area contributed by atoms with Crippen molar-refractivity contribution in [3.8, 4) is 0 Å². The molecule has 5 nitrogen and oxygen atoms in total. The maximum absolute atomic E-state index is 13.1. The number of aryl methyl sites for hydroxylation is 2. The number of amides is 2. The fourth-order valence-electron chi connectivity index (χ4n) is 3.51. The first-order valence-corrected chi connectivity index (χ1v) is 8.64. The molecule has 0 radical (unpaired) electrons. The smallest absolute Gasteiger partial charge is 0.245 e. The fraction of sp³-hybridized carbons (Fsp3) is 0.300. The highest BCUT2D eigenvalue weighted by molar-refractivity contribution is 6.03. The molecular weight excluding hydrogens is 314 g/mol. The van der Waals surface area contributed by atoms with Gasteiger partial charge in [-0.25, -0.2) is 0 Å². The molecule has 1 heterocycles. The molecule has 0 saturated heterocycles. The van der Waals surface area contributed by atoms with Crippen LogP contribution in [0.15, 0.2) is 48.5 Å². The van der Waals surface area contributed by atoms with Gasteiger partial charge in [0.2, 0.25) is 11.8 Å². The van der Waals surface area contributed by atoms with Gasteiger partial charge < -0.3 is 5.73 Å². The van der Waals surface area contributed by atoms with E-state index in [1.165, 1.54) is 0 Å². The first kappa shape index (κ1) is 15.8. The molecule has 25 heavy (non-hydrogen) atoms. The summed E-state index contributed by atoms with van der Waals surface area (Å²) in [5, 5.41) is 3.08. The summed E-state index contributed by atoms with van der Waals surface area (Å²) in [5.41, 5.74) is 8.91. The van der Waals surface area contributed by atoms with E-state index in [1.807, 2.05) is 36.4 Å². The molecule has 4 rings (SSSR count). The van der Waals surface area contributed by atoms with Crippen LogP contribution in [-0.4, -0.2) is 23.9 Å². The van der Waals surface area contributed by atoms with Crippen LogP contribution >= 0.6 is 0 Å². The van der Waals surface area contributed by atoms with Crippen molar-refractivity contribution in [2.45, 2.75) is 31.2 Å². The Morgan fingerprint density at radius 1 is 0.960 bits per heavy atom. The van der Waals surface area contributed by atoms with Crippen LogP contribution in [0.4, 0.5) is 11.4 Å². The van der Waals surface area contributed by atoms with Gasteiger partial charge in [-0.1, -0.05) is 36.4 Å². The van der Waals surface area contributed by atoms with Gasteiger partial charge in [0, 0.05) is 0 Å². The van der Waals surface area contributed by atoms with Crippen molar-refractivity contribution < 1.29 is 9.59 Å². The standard InChI is InChI=1S/C20H21N3O2/c21-19(25)20(11-12-20)22-13-18(24)23-16-7-3-1-5-14(16)9-10-15-6-2-4-8-17(15)23/h1-8,22H,9-13H2,(H2,21,25). The third-order valence-corrected chi connectivity index (χ3v) is 5.18. The van der Waals surface area contributed by atoms with Gasteiger partial charge in [-0.15, -0.1) is 0 Å². The number of carbonyl (C=O) groups excluding carboxylic acids is 2. The van der Waals surface area contributed by atoms with E-state index in [0.717, 1.165) is 35.3 Å². The molecule has 128 valence electrons. The molecule has 1 fully saturated rings. The summed E-state index contributed by atoms with van der Waals surface area (Å²) >= 11 is 0. The minimum Gasteiger partial charge on any atom is -0.368 e. The second kappa shape index (κ2) is 6.01. The van der Waals surface area contributed by atoms with Gasteiger partial charge in [0.05, 0.1) is 23.5 Å². The Kier molecular flexibility index (Phi) is 3.81. The molecule has 0 atom stereocenters. The Hall–Kier alpha value is -2.66. The summed E-state index contributed by atoms with van der Waals surface area (Å²) < 4.78 is 0. The second-order valence-electron chi connectivity index (χ2n) is 6.79. The maximum atomic E-state index is 13.1. The lowest BCUT2D eigenvalue weighted by molar-refractivity contribution is -0.121. The largest absolute Gasteiger partial charge is 0.368 e. The van der Waals surface area contributed by atoms with Gasteiger partial charge in [0.15, 0.2) is 0 Å². The van der Waals surface area contributed by atoms with Crippen LogP contribution in [0.5, 0.6) is 0 Å². The van der Waals surface area contributed by atoms with E-state index in [9.17, 15) is 9.59 Å². The minimum absolute atomic E-state index is 0.0747. The van der Waals surface area contributed by atoms with E-state index in [2.05, 4.69) is 17.4 Å². The lowest BCUT2D eigenvalue weighted by Crippen LogP contribution is -2.48. The van der Waals surface area contributed by atoms with Crippen molar-refractivity contribution in [1.82, 2.24) is 5.32 Å². The molecular formula is C20H21N3O2. The Labute approximate surface area is 146 Å². The number of hydrogen-bond acceptors (Lipinski definition) is 3. The van der Waals surface area contributed by atoms with Crippen molar-refractivity contribution in [2.75, 3.05) is 11.4 Å². The molecule has 0 spiro atoms. The molecule has 0 unspecified atom stereocenters. The third-order valence-electron chi connectivity index (χ3n) is 5.18. The van der Waals surface area contributed by atoms with Crippen LogP contribution in [0.25, 0.3) is 0 Å². The Morgan fingerprint density at radius 3 is 1.96 bits per heavy atom. The van der Waals surface area contributed by atoms with E-state index >= 15 is 0 Å². The highest BCUT2D eigenvalue weighted by Gasteiger charge is 2.48. The molecule has 3 N–H and O–H groups in total. The van der Waals surface area contributed by atoms with E-state index in [-0.39, 0.29) is 18.4 Å². The zero-order valence-electron chi connectivity index (χ0n) is 14.0. The highest BCUT2D eigenvalue weighted by Crippen LogP contribution is 2.37. The number of primary amides is 1. The third kappa shape index (κ3) is 2.81. The number of hydrogen-bond donors (Lipinski definition) is 2. The van der Waals surface area contributed by atoms with Gasteiger partial charge in [0.1, 0.15) is 0 Å². The molecule has 1 aliphatic carbocycles. The summed E-state index contributed by atoms with van der Waals surface area (Å²) in [6, 6.07) is 16.0. The lowest BCUT2D eigenvalue weighted by atomic mass is 10.0. The summed E-state index contributed by atoms with van der Waals surface area (Å²) in [4.78, 5) is 26.4. The van der Waals surface area contributed by atoms with Crippen LogP contribution in [-0.2, 0) is 22.4 Å². The van der Waals surface area contributed by atoms with E-state index in [4.69, 9.17) is 5.73 Å². The molecule has 0 aromatic heterocycles. The van der Waals surface area contributed by atoms with Gasteiger partial charge in [-0.3, -0.25) is 19.8 Å². The van der Waals surface area contributed by atoms with Crippen molar-refractivity contribution in [3.05, 3.63) is 59.7 Å². The molecule has 2 aromatic rings. The van der Waals surface area contributed by atoms with Gasteiger partial charge in [-0.05, 0) is 48.9 Å². The molecule has 1 aliphatic heterocycles. The number of para-hydroxylation sites is 2. The topological polar surface area (TPSA) is 75.4 Å². The number of fused-ring (bicyclic) bond motifs is 2. The summed E-state index contributed by atoms with van der Waals surface area (Å²) in [6.07, 6.45) is 3.19. The van der Waals surface area contributed by atoms with Crippen molar-refractivity contribution in [2.24, 2.45) is 5.73 Å². The van der Waals surface area contributed by atoms with E-state index < -0.39 is 5.54 Å². The molecule has 2 aliphatic rings. The number of benzene rings is 2. The van der Waals surface area contributed by atoms with Crippen LogP contribution in [0.1, 0.15) is 24.0 Å². The Balaban J connectivity index is 1.67. The van der Waals surface area contributed by atoms with Gasteiger partial charge >= 0.3 is 0 Å². The number of nitrogens with one attached hydrogen (secondary N) is 1. The first-order valence-electron chi connectivity index (χ1n) is 8.64. The Bertz CT molecular complexity index is 795. The minimum atomic E-state index is -0.694. The monoisotopic (exact) mass is 335 g/mol. The zero-order chi connectivity index (χ0) is 17.4. The SMILES string of the molecule is NC(=O)C1(NCC(=O)N2c3ccccc3CCc3ccccc32)CC1. The first-order chi connectivity index (χ1) is 12.1. The molecule has 2 amide bonds. The number of nitrogens with zero attached hydrogens (tertiary/aromatic N) is 1. The van der Waals surface area contributed by atoms with Gasteiger partial charge in [-0.2, -0.15) is 0 Å². The van der Waals surface area contributed by atoms with Crippen LogP contribution in [0.2, 0.25) is 0 Å². The lowest BCUT2D eigenvalue weighted by Gasteiger charge is -2.26. The average Bonchev–Trinajstić information content (AvgIpc) is 3.43. The van der Waals surface area contributed by atoms with E-state index in [1.54, 1.807) is 4.90 Å². The second-order valence-corrected chi connectivity index (χ2v) is 6.79. The zero-order valence-corrected chi connectivity index (χ0v) is 14.0. The number of nitrogens with two attached hydrogens (primary N) is 1. The number of carbonyl (C=O) groups is 2. The van der Waals surface area contributed by atoms with Crippen LogP contribution in [0.3, 0.4) is 0 Å². The summed E-state index contributed by atoms with van der Waals surface area (Å²) in [5.74, 6) is -0.453. The van der Waals surface area contributed by atoms with Crippen LogP contribution < -0.4 is 16.0 Å². The van der Waals surface area contributed by atoms with Gasteiger partial charge in [0.25, 0.3) is 0 Å². The molecule has 1 saturated carbocycles. The predicted octanol–water partition coefficient (Wildman–Crippen LogP) is 2.06. The summed E-state index contributed by atoms with van der Waals surface area (Å²) in [7, 11) is 0. The van der Waals surface area contributed by atoms with Crippen molar-refractivity contribution in [1.29, 1.82) is 0 Å². The fourth-order valence-corrected chi connectivity index (χ4v) is 3.51. The van der Waals surface area contributed by atoms with Crippen molar-refractivity contribution in [3.63, 3.8) is 0 Å². The predicted molar refractivity (Wildman–Crippen MR) is 96.6 cm³/mol.